The average molecular weight is 242 g/mol. The molecule has 1 fully saturated rings. The highest BCUT2D eigenvalue weighted by molar-refractivity contribution is 5.74. The molecule has 2 atom stereocenters. The summed E-state index contributed by atoms with van der Waals surface area (Å²) in [5.74, 6) is 0.649. The summed E-state index contributed by atoms with van der Waals surface area (Å²) in [5, 5.41) is 15.0. The largest absolute Gasteiger partial charge is 0.394 e. The van der Waals surface area contributed by atoms with E-state index in [1.165, 1.54) is 12.8 Å². The number of hydrogen-bond donors (Lipinski definition) is 3. The molecule has 0 bridgehead atoms. The number of amides is 2. The maximum Gasteiger partial charge on any atom is 0.315 e. The SMILES string of the molecule is CC(NC(=O)NC(CO)CC(C)(C)C)C1CC1. The van der Waals surface area contributed by atoms with Crippen LogP contribution in [0.2, 0.25) is 0 Å². The Labute approximate surface area is 104 Å². The van der Waals surface area contributed by atoms with Crippen LogP contribution in [0.3, 0.4) is 0 Å². The Morgan fingerprint density at radius 2 is 1.94 bits per heavy atom. The van der Waals surface area contributed by atoms with E-state index in [0.29, 0.717) is 5.92 Å². The van der Waals surface area contributed by atoms with Gasteiger partial charge >= 0.3 is 6.03 Å². The van der Waals surface area contributed by atoms with Gasteiger partial charge in [-0.05, 0) is 37.5 Å². The van der Waals surface area contributed by atoms with Gasteiger partial charge in [-0.15, -0.1) is 0 Å². The third-order valence-electron chi connectivity index (χ3n) is 3.10. The maximum atomic E-state index is 11.7. The first-order valence-corrected chi connectivity index (χ1v) is 6.49. The van der Waals surface area contributed by atoms with Crippen LogP contribution in [0.25, 0.3) is 0 Å². The lowest BCUT2D eigenvalue weighted by Gasteiger charge is -2.26. The molecule has 0 aromatic carbocycles. The van der Waals surface area contributed by atoms with E-state index in [0.717, 1.165) is 6.42 Å². The molecule has 1 aliphatic carbocycles. The summed E-state index contributed by atoms with van der Waals surface area (Å²) < 4.78 is 0. The molecule has 0 saturated heterocycles. The summed E-state index contributed by atoms with van der Waals surface area (Å²) in [6.07, 6.45) is 3.20. The van der Waals surface area contributed by atoms with E-state index in [-0.39, 0.29) is 30.1 Å². The first-order valence-electron chi connectivity index (χ1n) is 6.49. The number of hydrogen-bond acceptors (Lipinski definition) is 2. The summed E-state index contributed by atoms with van der Waals surface area (Å²) >= 11 is 0. The van der Waals surface area contributed by atoms with Crippen molar-refractivity contribution in [2.45, 2.75) is 59.0 Å². The van der Waals surface area contributed by atoms with Crippen LogP contribution in [0, 0.1) is 11.3 Å². The Kier molecular flexibility index (Phi) is 4.80. The first-order chi connectivity index (χ1) is 7.81. The number of aliphatic hydroxyl groups excluding tert-OH is 1. The van der Waals surface area contributed by atoms with Gasteiger partial charge in [0.05, 0.1) is 12.6 Å². The molecule has 0 aliphatic heterocycles. The molecular formula is C13H26N2O2. The molecule has 1 aliphatic rings. The molecule has 1 rings (SSSR count). The Balaban J connectivity index is 2.31. The number of carbonyl (C=O) groups excluding carboxylic acids is 1. The van der Waals surface area contributed by atoms with Crippen LogP contribution in [-0.4, -0.2) is 29.8 Å². The quantitative estimate of drug-likeness (QED) is 0.689. The zero-order valence-electron chi connectivity index (χ0n) is 11.4. The third-order valence-corrected chi connectivity index (χ3v) is 3.10. The number of urea groups is 1. The van der Waals surface area contributed by atoms with Crippen LogP contribution in [-0.2, 0) is 0 Å². The second-order valence-electron chi connectivity index (χ2n) is 6.39. The predicted octanol–water partition coefficient (Wildman–Crippen LogP) is 1.88. The fourth-order valence-corrected chi connectivity index (χ4v) is 2.05. The monoisotopic (exact) mass is 242 g/mol. The van der Waals surface area contributed by atoms with Crippen LogP contribution >= 0.6 is 0 Å². The van der Waals surface area contributed by atoms with Crippen molar-refractivity contribution in [1.29, 1.82) is 0 Å². The molecule has 0 heterocycles. The zero-order chi connectivity index (χ0) is 13.1. The van der Waals surface area contributed by atoms with Crippen LogP contribution in [0.1, 0.15) is 47.0 Å². The van der Waals surface area contributed by atoms with Gasteiger partial charge in [-0.2, -0.15) is 0 Å². The molecule has 0 radical (unpaired) electrons. The number of nitrogens with one attached hydrogen (secondary N) is 2. The van der Waals surface area contributed by atoms with E-state index in [1.807, 2.05) is 6.92 Å². The molecule has 17 heavy (non-hydrogen) atoms. The third kappa shape index (κ3) is 5.91. The maximum absolute atomic E-state index is 11.7. The molecular weight excluding hydrogens is 216 g/mol. The van der Waals surface area contributed by atoms with Gasteiger partial charge in [0.15, 0.2) is 0 Å². The van der Waals surface area contributed by atoms with Gasteiger partial charge in [0.25, 0.3) is 0 Å². The fourth-order valence-electron chi connectivity index (χ4n) is 2.05. The van der Waals surface area contributed by atoms with Crippen molar-refractivity contribution in [3.63, 3.8) is 0 Å². The second-order valence-corrected chi connectivity index (χ2v) is 6.39. The lowest BCUT2D eigenvalue weighted by molar-refractivity contribution is 0.189. The smallest absolute Gasteiger partial charge is 0.315 e. The number of rotatable bonds is 5. The molecule has 4 nitrogen and oxygen atoms in total. The van der Waals surface area contributed by atoms with Crippen LogP contribution < -0.4 is 10.6 Å². The molecule has 2 unspecified atom stereocenters. The number of carbonyl (C=O) groups is 1. The van der Waals surface area contributed by atoms with Gasteiger partial charge in [-0.25, -0.2) is 4.79 Å². The Bertz CT molecular complexity index is 257. The minimum atomic E-state index is -0.165. The molecule has 2 amide bonds. The topological polar surface area (TPSA) is 61.4 Å². The number of aliphatic hydroxyl groups is 1. The normalized spacial score (nSPS) is 19.6. The average Bonchev–Trinajstić information content (AvgIpc) is 2.96. The highest BCUT2D eigenvalue weighted by Gasteiger charge is 2.29. The standard InChI is InChI=1S/C13H26N2O2/c1-9(10-5-6-10)14-12(17)15-11(8-16)7-13(2,3)4/h9-11,16H,5-8H2,1-4H3,(H2,14,15,17). The molecule has 0 spiro atoms. The van der Waals surface area contributed by atoms with Gasteiger partial charge in [0.1, 0.15) is 0 Å². The van der Waals surface area contributed by atoms with E-state index in [9.17, 15) is 9.90 Å². The minimum Gasteiger partial charge on any atom is -0.394 e. The van der Waals surface area contributed by atoms with Gasteiger partial charge in [-0.3, -0.25) is 0 Å². The summed E-state index contributed by atoms with van der Waals surface area (Å²) in [5.41, 5.74) is 0.1000. The lowest BCUT2D eigenvalue weighted by atomic mass is 9.88. The van der Waals surface area contributed by atoms with Gasteiger partial charge in [0, 0.05) is 6.04 Å². The van der Waals surface area contributed by atoms with Crippen molar-refractivity contribution in [1.82, 2.24) is 10.6 Å². The zero-order valence-corrected chi connectivity index (χ0v) is 11.4. The summed E-state index contributed by atoms with van der Waals surface area (Å²) in [6, 6.07) is -0.0851. The first kappa shape index (κ1) is 14.3. The Morgan fingerprint density at radius 1 is 1.35 bits per heavy atom. The molecule has 0 aromatic heterocycles. The molecule has 100 valence electrons. The summed E-state index contributed by atoms with van der Waals surface area (Å²) in [7, 11) is 0. The van der Waals surface area contributed by atoms with Crippen molar-refractivity contribution < 1.29 is 9.90 Å². The van der Waals surface area contributed by atoms with Crippen LogP contribution in [0.15, 0.2) is 0 Å². The second kappa shape index (κ2) is 5.71. The summed E-state index contributed by atoms with van der Waals surface area (Å²) in [6.45, 7) is 8.32. The molecule has 1 saturated carbocycles. The minimum absolute atomic E-state index is 0.0114. The van der Waals surface area contributed by atoms with E-state index in [4.69, 9.17) is 0 Å². The van der Waals surface area contributed by atoms with Gasteiger partial charge in [-0.1, -0.05) is 20.8 Å². The van der Waals surface area contributed by atoms with E-state index in [1.54, 1.807) is 0 Å². The lowest BCUT2D eigenvalue weighted by Crippen LogP contribution is -2.48. The van der Waals surface area contributed by atoms with Crippen LogP contribution in [0.5, 0.6) is 0 Å². The van der Waals surface area contributed by atoms with E-state index >= 15 is 0 Å². The Morgan fingerprint density at radius 3 is 2.35 bits per heavy atom. The van der Waals surface area contributed by atoms with Crippen molar-refractivity contribution in [3.8, 4) is 0 Å². The van der Waals surface area contributed by atoms with Gasteiger partial charge < -0.3 is 15.7 Å². The highest BCUT2D eigenvalue weighted by Crippen LogP contribution is 2.32. The summed E-state index contributed by atoms with van der Waals surface area (Å²) in [4.78, 5) is 11.7. The van der Waals surface area contributed by atoms with E-state index in [2.05, 4.69) is 31.4 Å². The fraction of sp³-hybridized carbons (Fsp3) is 0.923. The van der Waals surface area contributed by atoms with Crippen molar-refractivity contribution in [2.75, 3.05) is 6.61 Å². The van der Waals surface area contributed by atoms with Crippen molar-refractivity contribution >= 4 is 6.03 Å². The highest BCUT2D eigenvalue weighted by atomic mass is 16.3. The van der Waals surface area contributed by atoms with Gasteiger partial charge in [0.2, 0.25) is 0 Å². The molecule has 0 aromatic rings. The van der Waals surface area contributed by atoms with Crippen LogP contribution in [0.4, 0.5) is 4.79 Å². The van der Waals surface area contributed by atoms with Crippen molar-refractivity contribution in [3.05, 3.63) is 0 Å². The molecule has 3 N–H and O–H groups in total. The Hall–Kier alpha value is -0.770. The van der Waals surface area contributed by atoms with Crippen molar-refractivity contribution in [2.24, 2.45) is 11.3 Å². The molecule has 4 heteroatoms. The predicted molar refractivity (Wildman–Crippen MR) is 68.8 cm³/mol. The van der Waals surface area contributed by atoms with E-state index < -0.39 is 0 Å².